The number of piperidine rings is 1. The third-order valence-corrected chi connectivity index (χ3v) is 2.46. The number of rotatable bonds is 4. The summed E-state index contributed by atoms with van der Waals surface area (Å²) in [4.78, 5) is 13.3. The van der Waals surface area contributed by atoms with Crippen molar-refractivity contribution in [1.82, 2.24) is 4.90 Å². The van der Waals surface area contributed by atoms with Crippen molar-refractivity contribution in [2.24, 2.45) is 0 Å². The number of hydrogen-bond donors (Lipinski definition) is 0. The Hall–Kier alpha value is -0.0800. The van der Waals surface area contributed by atoms with Gasteiger partial charge in [-0.3, -0.25) is 9.69 Å². The number of carbonyl (C=O) groups is 1. The van der Waals surface area contributed by atoms with Gasteiger partial charge >= 0.3 is 0 Å². The highest BCUT2D eigenvalue weighted by Gasteiger charge is 2.15. The molecule has 1 saturated heterocycles. The van der Waals surface area contributed by atoms with Crippen LogP contribution in [-0.4, -0.2) is 36.2 Å². The van der Waals surface area contributed by atoms with Crippen molar-refractivity contribution in [2.75, 3.05) is 25.5 Å². The topological polar surface area (TPSA) is 20.3 Å². The van der Waals surface area contributed by atoms with Gasteiger partial charge in [0.05, 0.1) is 6.54 Å². The van der Waals surface area contributed by atoms with Crippen LogP contribution in [0.25, 0.3) is 0 Å². The Morgan fingerprint density at radius 2 is 2.25 bits per heavy atom. The number of likely N-dealkylation sites (tertiary alicyclic amines) is 1. The predicted molar refractivity (Wildman–Crippen MR) is 50.6 cm³/mol. The summed E-state index contributed by atoms with van der Waals surface area (Å²) in [6.45, 7) is 2.80. The Labute approximate surface area is 78.9 Å². The molecule has 12 heavy (non-hydrogen) atoms. The molecule has 2 nitrogen and oxygen atoms in total. The summed E-state index contributed by atoms with van der Waals surface area (Å²) in [5.41, 5.74) is 0. The normalized spacial score (nSPS) is 19.9. The molecule has 0 saturated carbocycles. The minimum atomic E-state index is 0.395. The fourth-order valence-corrected chi connectivity index (χ4v) is 1.72. The lowest BCUT2D eigenvalue weighted by molar-refractivity contribution is -0.122. The fraction of sp³-hybridized carbons (Fsp3) is 0.889. The molecule has 1 fully saturated rings. The van der Waals surface area contributed by atoms with Gasteiger partial charge in [0.1, 0.15) is 5.78 Å². The van der Waals surface area contributed by atoms with Crippen LogP contribution in [0.2, 0.25) is 0 Å². The average molecular weight is 190 g/mol. The number of alkyl halides is 1. The van der Waals surface area contributed by atoms with E-state index in [2.05, 4.69) is 4.90 Å². The van der Waals surface area contributed by atoms with Crippen molar-refractivity contribution < 1.29 is 4.79 Å². The van der Waals surface area contributed by atoms with E-state index in [4.69, 9.17) is 11.6 Å². The second-order valence-electron chi connectivity index (χ2n) is 3.31. The number of hydrogen-bond acceptors (Lipinski definition) is 2. The number of halogens is 1. The largest absolute Gasteiger partial charge is 0.298 e. The monoisotopic (exact) mass is 189 g/mol. The van der Waals surface area contributed by atoms with Crippen LogP contribution in [0.15, 0.2) is 0 Å². The predicted octanol–water partition coefficient (Wildman–Crippen LogP) is 1.67. The molecule has 0 unspecified atom stereocenters. The number of Topliss-reactive ketones (excluding diaryl/α,β-unsaturated/α-hetero) is 1. The molecule has 1 rings (SSSR count). The third kappa shape index (κ3) is 3.55. The molecule has 0 bridgehead atoms. The van der Waals surface area contributed by atoms with Crippen LogP contribution in [0, 0.1) is 0 Å². The van der Waals surface area contributed by atoms with Gasteiger partial charge in [-0.2, -0.15) is 0 Å². The van der Waals surface area contributed by atoms with Gasteiger partial charge in [-0.15, -0.1) is 11.6 Å². The molecule has 0 atom stereocenters. The minimum Gasteiger partial charge on any atom is -0.298 e. The van der Waals surface area contributed by atoms with Crippen molar-refractivity contribution in [3.05, 3.63) is 0 Å². The molecule has 0 N–H and O–H groups in total. The summed E-state index contributed by atoms with van der Waals surface area (Å²) >= 11 is 5.56. The maximum absolute atomic E-state index is 11.0. The van der Waals surface area contributed by atoms with Crippen molar-refractivity contribution in [2.45, 2.75) is 25.7 Å². The van der Waals surface area contributed by atoms with Crippen molar-refractivity contribution >= 4 is 17.4 Å². The van der Waals surface area contributed by atoms with Crippen molar-refractivity contribution in [3.63, 3.8) is 0 Å². The lowest BCUT2D eigenvalue weighted by Gasteiger charge is -2.25. The molecule has 3 heteroatoms. The van der Waals surface area contributed by atoms with E-state index in [-0.39, 0.29) is 0 Å². The summed E-state index contributed by atoms with van der Waals surface area (Å²) in [5.74, 6) is 1.13. The molecule has 0 amide bonds. The lowest BCUT2D eigenvalue weighted by atomic mass is 10.1. The van der Waals surface area contributed by atoms with Gasteiger partial charge in [0.25, 0.3) is 0 Å². The van der Waals surface area contributed by atoms with Crippen molar-refractivity contribution in [1.29, 1.82) is 0 Å². The second-order valence-corrected chi connectivity index (χ2v) is 3.69. The van der Waals surface area contributed by atoms with Gasteiger partial charge in [-0.05, 0) is 32.4 Å². The van der Waals surface area contributed by atoms with Gasteiger partial charge < -0.3 is 0 Å². The van der Waals surface area contributed by atoms with Crippen LogP contribution >= 0.6 is 11.6 Å². The molecule has 0 aromatic rings. The number of carbonyl (C=O) groups excluding carboxylic acids is 1. The molecule has 1 aliphatic rings. The minimum absolute atomic E-state index is 0.395. The number of unbranched alkanes of at least 4 members (excludes halogenated alkanes) is 1. The Bertz CT molecular complexity index is 149. The van der Waals surface area contributed by atoms with E-state index in [0.29, 0.717) is 12.3 Å². The van der Waals surface area contributed by atoms with Crippen molar-refractivity contribution in [3.8, 4) is 0 Å². The lowest BCUT2D eigenvalue weighted by Crippen LogP contribution is -2.36. The van der Waals surface area contributed by atoms with Crippen LogP contribution in [0.3, 0.4) is 0 Å². The quantitative estimate of drug-likeness (QED) is 0.496. The Morgan fingerprint density at radius 3 is 2.92 bits per heavy atom. The Morgan fingerprint density at radius 1 is 1.42 bits per heavy atom. The van der Waals surface area contributed by atoms with E-state index < -0.39 is 0 Å². The van der Waals surface area contributed by atoms with E-state index in [1.807, 2.05) is 0 Å². The highest BCUT2D eigenvalue weighted by Crippen LogP contribution is 2.06. The molecule has 0 aliphatic carbocycles. The highest BCUT2D eigenvalue weighted by atomic mass is 35.5. The summed E-state index contributed by atoms with van der Waals surface area (Å²) in [7, 11) is 0. The zero-order valence-corrected chi connectivity index (χ0v) is 8.15. The maximum atomic E-state index is 11.0. The highest BCUT2D eigenvalue weighted by molar-refractivity contribution is 6.17. The summed E-state index contributed by atoms with van der Waals surface area (Å²) < 4.78 is 0. The average Bonchev–Trinajstić information content (AvgIpc) is 2.05. The standard InChI is InChI=1S/C9H16ClNO/c10-5-1-2-6-11-7-3-4-9(12)8-11/h1-8H2. The van der Waals surface area contributed by atoms with Crippen LogP contribution < -0.4 is 0 Å². The molecule has 70 valence electrons. The zero-order chi connectivity index (χ0) is 8.81. The van der Waals surface area contributed by atoms with E-state index >= 15 is 0 Å². The molecule has 1 aliphatic heterocycles. The number of nitrogens with zero attached hydrogens (tertiary/aromatic N) is 1. The maximum Gasteiger partial charge on any atom is 0.146 e. The van der Waals surface area contributed by atoms with E-state index in [1.54, 1.807) is 0 Å². The first kappa shape index (κ1) is 10.0. The third-order valence-electron chi connectivity index (χ3n) is 2.19. The first-order valence-corrected chi connectivity index (χ1v) is 5.16. The van der Waals surface area contributed by atoms with Gasteiger partial charge in [-0.1, -0.05) is 0 Å². The van der Waals surface area contributed by atoms with Crippen LogP contribution in [-0.2, 0) is 4.79 Å². The van der Waals surface area contributed by atoms with Gasteiger partial charge in [0.15, 0.2) is 0 Å². The Balaban J connectivity index is 2.10. The summed E-state index contributed by atoms with van der Waals surface area (Å²) in [6.07, 6.45) is 4.01. The zero-order valence-electron chi connectivity index (χ0n) is 7.39. The molecule has 0 aromatic carbocycles. The first-order chi connectivity index (χ1) is 5.83. The first-order valence-electron chi connectivity index (χ1n) is 4.63. The van der Waals surface area contributed by atoms with E-state index in [1.165, 1.54) is 0 Å². The molecule has 0 aromatic heterocycles. The van der Waals surface area contributed by atoms with Crippen LogP contribution in [0.4, 0.5) is 0 Å². The molecular weight excluding hydrogens is 174 g/mol. The summed E-state index contributed by atoms with van der Waals surface area (Å²) in [6, 6.07) is 0. The molecule has 0 radical (unpaired) electrons. The molecule has 1 heterocycles. The van der Waals surface area contributed by atoms with Gasteiger partial charge in [0, 0.05) is 12.3 Å². The molecule has 0 spiro atoms. The second kappa shape index (κ2) is 5.55. The Kier molecular flexibility index (Phi) is 4.62. The smallest absolute Gasteiger partial charge is 0.146 e. The summed E-state index contributed by atoms with van der Waals surface area (Å²) in [5, 5.41) is 0. The fourth-order valence-electron chi connectivity index (χ4n) is 1.53. The van der Waals surface area contributed by atoms with E-state index in [0.717, 1.165) is 44.7 Å². The SMILES string of the molecule is O=C1CCCN(CCCCCl)C1. The van der Waals surface area contributed by atoms with Gasteiger partial charge in [-0.25, -0.2) is 0 Å². The van der Waals surface area contributed by atoms with Crippen LogP contribution in [0.1, 0.15) is 25.7 Å². The van der Waals surface area contributed by atoms with Crippen LogP contribution in [0.5, 0.6) is 0 Å². The van der Waals surface area contributed by atoms with Gasteiger partial charge in [0.2, 0.25) is 0 Å². The molecular formula is C9H16ClNO. The van der Waals surface area contributed by atoms with E-state index in [9.17, 15) is 4.79 Å². The number of ketones is 1.